The van der Waals surface area contributed by atoms with E-state index in [-0.39, 0.29) is 5.91 Å². The quantitative estimate of drug-likeness (QED) is 0.611. The van der Waals surface area contributed by atoms with Crippen LogP contribution in [0.4, 0.5) is 5.69 Å². The van der Waals surface area contributed by atoms with Gasteiger partial charge in [0, 0.05) is 44.0 Å². The summed E-state index contributed by atoms with van der Waals surface area (Å²) in [5.74, 6) is -0.663. The Hall–Kier alpha value is -2.30. The van der Waals surface area contributed by atoms with Crippen molar-refractivity contribution >= 4 is 17.6 Å². The van der Waals surface area contributed by atoms with Gasteiger partial charge in [0.05, 0.1) is 7.11 Å². The molecule has 5 nitrogen and oxygen atoms in total. The van der Waals surface area contributed by atoms with Gasteiger partial charge in [-0.2, -0.15) is 0 Å². The van der Waals surface area contributed by atoms with Crippen LogP contribution < -0.4 is 4.90 Å². The minimum absolute atomic E-state index is 0.150. The Morgan fingerprint density at radius 3 is 2.30 bits per heavy atom. The molecule has 0 spiro atoms. The summed E-state index contributed by atoms with van der Waals surface area (Å²) in [6.07, 6.45) is 2.43. The number of ether oxygens (including phenoxy) is 1. The first-order valence-electron chi connectivity index (χ1n) is 6.55. The zero-order valence-corrected chi connectivity index (χ0v) is 11.5. The number of rotatable bonds is 3. The highest BCUT2D eigenvalue weighted by Gasteiger charge is 2.19. The minimum Gasteiger partial charge on any atom is -0.466 e. The van der Waals surface area contributed by atoms with Gasteiger partial charge in [0.1, 0.15) is 0 Å². The lowest BCUT2D eigenvalue weighted by Gasteiger charge is -2.35. The molecule has 1 aromatic carbocycles. The van der Waals surface area contributed by atoms with Gasteiger partial charge < -0.3 is 14.5 Å². The number of carbonyl (C=O) groups is 2. The molecule has 1 amide bonds. The molecule has 1 saturated heterocycles. The van der Waals surface area contributed by atoms with Crippen molar-refractivity contribution in [2.45, 2.75) is 0 Å². The van der Waals surface area contributed by atoms with Crippen LogP contribution in [0.1, 0.15) is 0 Å². The van der Waals surface area contributed by atoms with E-state index in [0.29, 0.717) is 13.1 Å². The molecule has 1 aliphatic rings. The minimum atomic E-state index is -0.513. The maximum Gasteiger partial charge on any atom is 0.330 e. The largest absolute Gasteiger partial charge is 0.466 e. The molecule has 1 fully saturated rings. The normalized spacial score (nSPS) is 15.4. The number of anilines is 1. The third kappa shape index (κ3) is 3.60. The summed E-state index contributed by atoms with van der Waals surface area (Å²) in [6, 6.07) is 10.1. The van der Waals surface area contributed by atoms with E-state index in [4.69, 9.17) is 0 Å². The van der Waals surface area contributed by atoms with E-state index in [9.17, 15) is 9.59 Å². The fraction of sp³-hybridized carbons (Fsp3) is 0.333. The fourth-order valence-electron chi connectivity index (χ4n) is 2.14. The number of amides is 1. The van der Waals surface area contributed by atoms with E-state index >= 15 is 0 Å². The molecule has 2 rings (SSSR count). The lowest BCUT2D eigenvalue weighted by atomic mass is 10.2. The second kappa shape index (κ2) is 6.75. The molecule has 1 aliphatic heterocycles. The summed E-state index contributed by atoms with van der Waals surface area (Å²) in [7, 11) is 1.29. The smallest absolute Gasteiger partial charge is 0.330 e. The fourth-order valence-corrected chi connectivity index (χ4v) is 2.14. The number of methoxy groups -OCH3 is 1. The van der Waals surface area contributed by atoms with Crippen molar-refractivity contribution in [3.05, 3.63) is 42.5 Å². The van der Waals surface area contributed by atoms with Crippen molar-refractivity contribution in [1.82, 2.24) is 4.90 Å². The summed E-state index contributed by atoms with van der Waals surface area (Å²) < 4.78 is 4.46. The Kier molecular flexibility index (Phi) is 4.76. The zero-order valence-electron chi connectivity index (χ0n) is 11.5. The molecule has 0 saturated carbocycles. The first-order valence-corrected chi connectivity index (χ1v) is 6.55. The second-order valence-electron chi connectivity index (χ2n) is 4.50. The van der Waals surface area contributed by atoms with E-state index in [1.807, 2.05) is 18.2 Å². The molecule has 1 heterocycles. The second-order valence-corrected chi connectivity index (χ2v) is 4.50. The highest BCUT2D eigenvalue weighted by molar-refractivity contribution is 5.94. The van der Waals surface area contributed by atoms with Crippen LogP contribution in [0.3, 0.4) is 0 Å². The Morgan fingerprint density at radius 2 is 1.70 bits per heavy atom. The van der Waals surface area contributed by atoms with E-state index < -0.39 is 5.97 Å². The number of piperazine rings is 1. The number of esters is 1. The van der Waals surface area contributed by atoms with Gasteiger partial charge in [-0.15, -0.1) is 0 Å². The molecule has 0 aromatic heterocycles. The number of benzene rings is 1. The molecule has 0 atom stereocenters. The molecule has 1 aromatic rings. The molecule has 0 N–H and O–H groups in total. The predicted octanol–water partition coefficient (Wildman–Crippen LogP) is 1.06. The van der Waals surface area contributed by atoms with E-state index in [0.717, 1.165) is 19.2 Å². The van der Waals surface area contributed by atoms with Crippen LogP contribution in [0.5, 0.6) is 0 Å². The van der Waals surface area contributed by atoms with Gasteiger partial charge in [-0.05, 0) is 12.1 Å². The maximum atomic E-state index is 11.9. The van der Waals surface area contributed by atoms with Gasteiger partial charge in [-0.1, -0.05) is 18.2 Å². The summed E-state index contributed by atoms with van der Waals surface area (Å²) >= 11 is 0. The summed E-state index contributed by atoms with van der Waals surface area (Å²) in [5, 5.41) is 0. The average Bonchev–Trinajstić information content (AvgIpc) is 2.53. The van der Waals surface area contributed by atoms with Crippen LogP contribution in [-0.2, 0) is 14.3 Å². The molecule has 0 unspecified atom stereocenters. The van der Waals surface area contributed by atoms with Gasteiger partial charge >= 0.3 is 5.97 Å². The van der Waals surface area contributed by atoms with Crippen LogP contribution in [0.15, 0.2) is 42.5 Å². The van der Waals surface area contributed by atoms with Crippen LogP contribution in [0.25, 0.3) is 0 Å². The average molecular weight is 274 g/mol. The Morgan fingerprint density at radius 1 is 1.05 bits per heavy atom. The Bertz CT molecular complexity index is 491. The first-order chi connectivity index (χ1) is 9.70. The third-order valence-electron chi connectivity index (χ3n) is 3.28. The van der Waals surface area contributed by atoms with Crippen molar-refractivity contribution in [2.75, 3.05) is 38.2 Å². The molecule has 0 aliphatic carbocycles. The summed E-state index contributed by atoms with van der Waals surface area (Å²) in [5.41, 5.74) is 1.17. The van der Waals surface area contributed by atoms with E-state index in [1.165, 1.54) is 18.9 Å². The molecule has 5 heteroatoms. The van der Waals surface area contributed by atoms with Crippen LogP contribution in [-0.4, -0.2) is 50.1 Å². The van der Waals surface area contributed by atoms with E-state index in [2.05, 4.69) is 21.8 Å². The van der Waals surface area contributed by atoms with Gasteiger partial charge in [-0.25, -0.2) is 4.79 Å². The highest BCUT2D eigenvalue weighted by Crippen LogP contribution is 2.15. The molecule has 0 radical (unpaired) electrons. The number of hydrogen-bond donors (Lipinski definition) is 0. The molecule has 20 heavy (non-hydrogen) atoms. The van der Waals surface area contributed by atoms with Gasteiger partial charge in [0.2, 0.25) is 5.91 Å². The van der Waals surface area contributed by atoms with Crippen molar-refractivity contribution in [3.8, 4) is 0 Å². The van der Waals surface area contributed by atoms with Crippen molar-refractivity contribution < 1.29 is 14.3 Å². The number of para-hydroxylation sites is 1. The van der Waals surface area contributed by atoms with Crippen molar-refractivity contribution in [2.24, 2.45) is 0 Å². The number of nitrogens with zero attached hydrogens (tertiary/aromatic N) is 2. The predicted molar refractivity (Wildman–Crippen MR) is 76.4 cm³/mol. The summed E-state index contributed by atoms with van der Waals surface area (Å²) in [6.45, 7) is 2.89. The Labute approximate surface area is 118 Å². The van der Waals surface area contributed by atoms with Crippen LogP contribution in [0, 0.1) is 0 Å². The molecule has 0 bridgehead atoms. The zero-order chi connectivity index (χ0) is 14.4. The number of hydrogen-bond acceptors (Lipinski definition) is 4. The van der Waals surface area contributed by atoms with Gasteiger partial charge in [0.15, 0.2) is 0 Å². The van der Waals surface area contributed by atoms with Crippen molar-refractivity contribution in [3.63, 3.8) is 0 Å². The lowest BCUT2D eigenvalue weighted by Crippen LogP contribution is -2.48. The van der Waals surface area contributed by atoms with E-state index in [1.54, 1.807) is 4.90 Å². The molecular weight excluding hydrogens is 256 g/mol. The monoisotopic (exact) mass is 274 g/mol. The highest BCUT2D eigenvalue weighted by atomic mass is 16.5. The first kappa shape index (κ1) is 14.1. The van der Waals surface area contributed by atoms with Crippen LogP contribution in [0.2, 0.25) is 0 Å². The van der Waals surface area contributed by atoms with Gasteiger partial charge in [0.25, 0.3) is 0 Å². The van der Waals surface area contributed by atoms with Crippen molar-refractivity contribution in [1.29, 1.82) is 0 Å². The third-order valence-corrected chi connectivity index (χ3v) is 3.28. The molecular formula is C15H18N2O3. The Balaban J connectivity index is 1.87. The maximum absolute atomic E-state index is 11.9. The standard InChI is InChI=1S/C15H18N2O3/c1-20-15(19)8-7-14(18)17-11-9-16(10-12-17)13-5-3-2-4-6-13/h2-8H,9-12H2,1H3/b8-7+. The van der Waals surface area contributed by atoms with Crippen LogP contribution >= 0.6 is 0 Å². The summed E-state index contributed by atoms with van der Waals surface area (Å²) in [4.78, 5) is 26.8. The SMILES string of the molecule is COC(=O)/C=C/C(=O)N1CCN(c2ccccc2)CC1. The van der Waals surface area contributed by atoms with Gasteiger partial charge in [-0.3, -0.25) is 4.79 Å². The number of carbonyl (C=O) groups excluding carboxylic acids is 2. The lowest BCUT2D eigenvalue weighted by molar-refractivity contribution is -0.135. The molecule has 106 valence electrons. The topological polar surface area (TPSA) is 49.9 Å².